The average Bonchev–Trinajstić information content (AvgIpc) is 2.63. The fraction of sp³-hybridized carbons (Fsp3) is 0.556. The first kappa shape index (κ1) is 27.1. The fourth-order valence-electron chi connectivity index (χ4n) is 2.72. The number of H-pyrrole nitrogens is 1. The lowest BCUT2D eigenvalue weighted by atomic mass is 10.0. The van der Waals surface area contributed by atoms with Crippen LogP contribution >= 0.6 is 24.8 Å². The summed E-state index contributed by atoms with van der Waals surface area (Å²) in [5.74, 6) is -0.332. The van der Waals surface area contributed by atoms with Crippen molar-refractivity contribution >= 4 is 41.8 Å². The van der Waals surface area contributed by atoms with Gasteiger partial charge in [0.25, 0.3) is 11.5 Å². The van der Waals surface area contributed by atoms with Gasteiger partial charge in [-0.05, 0) is 18.9 Å². The van der Waals surface area contributed by atoms with Gasteiger partial charge in [0.2, 0.25) is 0 Å². The number of aromatic nitrogens is 3. The van der Waals surface area contributed by atoms with Gasteiger partial charge in [0.05, 0.1) is 17.6 Å². The van der Waals surface area contributed by atoms with Crippen molar-refractivity contribution in [2.75, 3.05) is 33.4 Å². The molecule has 3 N–H and O–H groups in total. The van der Waals surface area contributed by atoms with E-state index >= 15 is 0 Å². The molecule has 0 aliphatic carbocycles. The molecule has 9 nitrogen and oxygen atoms in total. The number of nitrogens with zero attached hydrogens (tertiary/aromatic N) is 2. The molecule has 0 fully saturated rings. The molecule has 11 heteroatoms. The molecule has 0 unspecified atom stereocenters. The Morgan fingerprint density at radius 2 is 1.93 bits per heavy atom. The number of aryl methyl sites for hydroxylation is 1. The highest BCUT2D eigenvalue weighted by Gasteiger charge is 2.19. The van der Waals surface area contributed by atoms with E-state index in [4.69, 9.17) is 4.74 Å². The molecule has 164 valence electrons. The molecular weight excluding hydrogens is 421 g/mol. The van der Waals surface area contributed by atoms with E-state index in [-0.39, 0.29) is 53.2 Å². The Morgan fingerprint density at radius 1 is 1.24 bits per heavy atom. The van der Waals surface area contributed by atoms with Crippen LogP contribution in [0.3, 0.4) is 0 Å². The van der Waals surface area contributed by atoms with Crippen LogP contribution in [0.25, 0.3) is 11.0 Å². The van der Waals surface area contributed by atoms with Crippen LogP contribution in [0.1, 0.15) is 42.7 Å². The summed E-state index contributed by atoms with van der Waals surface area (Å²) in [6.45, 7) is 8.25. The van der Waals surface area contributed by atoms with Crippen molar-refractivity contribution in [3.8, 4) is 0 Å². The summed E-state index contributed by atoms with van der Waals surface area (Å²) in [5, 5.41) is 6.07. The maximum absolute atomic E-state index is 12.7. The van der Waals surface area contributed by atoms with Crippen LogP contribution in [0.2, 0.25) is 0 Å². The van der Waals surface area contributed by atoms with E-state index in [1.807, 2.05) is 13.8 Å². The van der Waals surface area contributed by atoms with Gasteiger partial charge in [-0.25, -0.2) is 9.78 Å². The first-order valence-electron chi connectivity index (χ1n) is 9.06. The highest BCUT2D eigenvalue weighted by molar-refractivity contribution is 6.05. The van der Waals surface area contributed by atoms with E-state index in [0.29, 0.717) is 38.5 Å². The maximum Gasteiger partial charge on any atom is 0.329 e. The van der Waals surface area contributed by atoms with Crippen molar-refractivity contribution in [3.63, 3.8) is 0 Å². The lowest BCUT2D eigenvalue weighted by molar-refractivity contribution is 0.0955. The number of nitrogens with one attached hydrogen (secondary N) is 3. The largest absolute Gasteiger partial charge is 0.383 e. The number of carbonyl (C=O) groups excluding carboxylic acids is 1. The van der Waals surface area contributed by atoms with Crippen molar-refractivity contribution in [3.05, 3.63) is 38.2 Å². The van der Waals surface area contributed by atoms with Gasteiger partial charge in [0, 0.05) is 39.0 Å². The predicted octanol–water partition coefficient (Wildman–Crippen LogP) is 1.04. The molecule has 2 heterocycles. The fourth-order valence-corrected chi connectivity index (χ4v) is 2.72. The van der Waals surface area contributed by atoms with E-state index < -0.39 is 11.2 Å². The van der Waals surface area contributed by atoms with Gasteiger partial charge in [-0.3, -0.25) is 19.1 Å². The van der Waals surface area contributed by atoms with Gasteiger partial charge < -0.3 is 15.4 Å². The number of hydrogen-bond donors (Lipinski definition) is 3. The molecule has 0 aliphatic rings. The third-order valence-corrected chi connectivity index (χ3v) is 4.19. The summed E-state index contributed by atoms with van der Waals surface area (Å²) in [5.41, 5.74) is -0.0223. The SMILES string of the molecule is CCn1c(=O)[nH]c(=O)c2c(C(=O)NCCNCCOC)cc(C(C)C)nc21.Cl.Cl. The Hall–Kier alpha value is -1.94. The summed E-state index contributed by atoms with van der Waals surface area (Å²) in [4.78, 5) is 44.0. The van der Waals surface area contributed by atoms with Crippen LogP contribution < -0.4 is 21.9 Å². The Kier molecular flexibility index (Phi) is 11.7. The standard InChI is InChI=1S/C18H27N5O4.2ClH/c1-5-23-15-14(17(25)22-18(23)26)12(10-13(21-15)11(2)3)16(24)20-7-6-19-8-9-27-4;;/h10-11,19H,5-9H2,1-4H3,(H,20,24)(H,22,25,26);2*1H. The second-order valence-corrected chi connectivity index (χ2v) is 6.45. The summed E-state index contributed by atoms with van der Waals surface area (Å²) in [6.07, 6.45) is 0. The molecule has 2 rings (SSSR count). The molecule has 0 bridgehead atoms. The number of rotatable bonds is 9. The molecule has 0 saturated heterocycles. The first-order chi connectivity index (χ1) is 12.9. The average molecular weight is 450 g/mol. The van der Waals surface area contributed by atoms with Crippen molar-refractivity contribution in [2.45, 2.75) is 33.2 Å². The Bertz CT molecular complexity index is 927. The summed E-state index contributed by atoms with van der Waals surface area (Å²) >= 11 is 0. The smallest absolute Gasteiger partial charge is 0.329 e. The van der Waals surface area contributed by atoms with Crippen LogP contribution in [0.4, 0.5) is 0 Å². The molecule has 0 radical (unpaired) electrons. The second-order valence-electron chi connectivity index (χ2n) is 6.45. The number of halogens is 2. The normalized spacial score (nSPS) is 10.5. The zero-order chi connectivity index (χ0) is 20.0. The Balaban J connectivity index is 0.00000392. The van der Waals surface area contributed by atoms with Gasteiger partial charge in [0.15, 0.2) is 5.65 Å². The summed E-state index contributed by atoms with van der Waals surface area (Å²) in [6, 6.07) is 1.63. The van der Waals surface area contributed by atoms with Gasteiger partial charge in [-0.1, -0.05) is 13.8 Å². The van der Waals surface area contributed by atoms with Crippen LogP contribution in [-0.2, 0) is 11.3 Å². The number of ether oxygens (including phenoxy) is 1. The predicted molar refractivity (Wildman–Crippen MR) is 118 cm³/mol. The number of hydrogen-bond acceptors (Lipinski definition) is 6. The van der Waals surface area contributed by atoms with Gasteiger partial charge in [-0.15, -0.1) is 24.8 Å². The van der Waals surface area contributed by atoms with Gasteiger partial charge >= 0.3 is 5.69 Å². The van der Waals surface area contributed by atoms with Crippen molar-refractivity contribution in [1.82, 2.24) is 25.2 Å². The van der Waals surface area contributed by atoms with E-state index in [1.165, 1.54) is 4.57 Å². The molecule has 0 aromatic carbocycles. The zero-order valence-corrected chi connectivity index (χ0v) is 18.7. The summed E-state index contributed by atoms with van der Waals surface area (Å²) < 4.78 is 6.31. The number of carbonyl (C=O) groups is 1. The minimum atomic E-state index is -0.606. The van der Waals surface area contributed by atoms with Crippen LogP contribution in [-0.4, -0.2) is 53.8 Å². The summed E-state index contributed by atoms with van der Waals surface area (Å²) in [7, 11) is 1.62. The number of amides is 1. The molecule has 0 aliphatic heterocycles. The van der Waals surface area contributed by atoms with Gasteiger partial charge in [0.1, 0.15) is 0 Å². The highest BCUT2D eigenvalue weighted by Crippen LogP contribution is 2.19. The Morgan fingerprint density at radius 3 is 2.52 bits per heavy atom. The first-order valence-corrected chi connectivity index (χ1v) is 9.06. The molecule has 0 atom stereocenters. The monoisotopic (exact) mass is 449 g/mol. The van der Waals surface area contributed by atoms with E-state index in [9.17, 15) is 14.4 Å². The van der Waals surface area contributed by atoms with Crippen LogP contribution in [0.5, 0.6) is 0 Å². The number of aromatic amines is 1. The highest BCUT2D eigenvalue weighted by atomic mass is 35.5. The van der Waals surface area contributed by atoms with Crippen molar-refractivity contribution < 1.29 is 9.53 Å². The molecule has 2 aromatic rings. The molecule has 2 aromatic heterocycles. The van der Waals surface area contributed by atoms with Crippen molar-refractivity contribution in [2.24, 2.45) is 0 Å². The molecular formula is C18H29Cl2N5O4. The molecule has 29 heavy (non-hydrogen) atoms. The van der Waals surface area contributed by atoms with Gasteiger partial charge in [-0.2, -0.15) is 0 Å². The van der Waals surface area contributed by atoms with E-state index in [2.05, 4.69) is 20.6 Å². The second kappa shape index (κ2) is 12.6. The minimum Gasteiger partial charge on any atom is -0.383 e. The molecule has 1 amide bonds. The maximum atomic E-state index is 12.7. The molecule has 0 saturated carbocycles. The number of pyridine rings is 1. The molecule has 0 spiro atoms. The number of fused-ring (bicyclic) bond motifs is 1. The third-order valence-electron chi connectivity index (χ3n) is 4.19. The lowest BCUT2D eigenvalue weighted by Gasteiger charge is -2.14. The third kappa shape index (κ3) is 6.53. The van der Waals surface area contributed by atoms with Crippen LogP contribution in [0.15, 0.2) is 15.7 Å². The van der Waals surface area contributed by atoms with Crippen LogP contribution in [0, 0.1) is 0 Å². The number of methoxy groups -OCH3 is 1. The minimum absolute atomic E-state index is 0. The topological polar surface area (TPSA) is 118 Å². The lowest BCUT2D eigenvalue weighted by Crippen LogP contribution is -2.35. The Labute approximate surface area is 181 Å². The van der Waals surface area contributed by atoms with E-state index in [0.717, 1.165) is 0 Å². The zero-order valence-electron chi connectivity index (χ0n) is 17.0. The van der Waals surface area contributed by atoms with E-state index in [1.54, 1.807) is 20.1 Å². The quantitative estimate of drug-likeness (QED) is 0.492. The van der Waals surface area contributed by atoms with Crippen molar-refractivity contribution in [1.29, 1.82) is 0 Å².